The van der Waals surface area contributed by atoms with Gasteiger partial charge >= 0.3 is 0 Å². The van der Waals surface area contributed by atoms with Crippen molar-refractivity contribution in [3.05, 3.63) is 82.9 Å². The lowest BCUT2D eigenvalue weighted by molar-refractivity contribution is 1.07. The van der Waals surface area contributed by atoms with Crippen molar-refractivity contribution in [1.29, 1.82) is 5.26 Å². The van der Waals surface area contributed by atoms with Crippen molar-refractivity contribution in [2.75, 3.05) is 0 Å². The average Bonchev–Trinajstić information content (AvgIpc) is 2.58. The van der Waals surface area contributed by atoms with Crippen molar-refractivity contribution in [3.8, 4) is 29.8 Å². The molecule has 0 aliphatic rings. The van der Waals surface area contributed by atoms with Gasteiger partial charge in [-0.25, -0.2) is 0 Å². The SMILES string of the molecule is N#Cc1ccccc1C#CC=CC#Cc1cccc(CN)c1. The summed E-state index contributed by atoms with van der Waals surface area (Å²) in [5.41, 5.74) is 8.87. The van der Waals surface area contributed by atoms with E-state index in [1.54, 1.807) is 18.2 Å². The maximum absolute atomic E-state index is 8.96. The molecule has 0 radical (unpaired) electrons. The first-order chi connectivity index (χ1) is 10.8. The molecule has 0 saturated heterocycles. The van der Waals surface area contributed by atoms with Crippen LogP contribution in [0.1, 0.15) is 22.3 Å². The number of nitrogens with two attached hydrogens (primary N) is 1. The molecule has 2 nitrogen and oxygen atoms in total. The molecule has 0 aliphatic heterocycles. The number of hydrogen-bond donors (Lipinski definition) is 1. The van der Waals surface area contributed by atoms with Gasteiger partial charge in [0.1, 0.15) is 6.07 Å². The van der Waals surface area contributed by atoms with Crippen LogP contribution in [0.5, 0.6) is 0 Å². The Bertz CT molecular complexity index is 847. The molecule has 0 saturated carbocycles. The van der Waals surface area contributed by atoms with E-state index in [4.69, 9.17) is 11.0 Å². The van der Waals surface area contributed by atoms with Gasteiger partial charge in [-0.3, -0.25) is 0 Å². The van der Waals surface area contributed by atoms with Crippen molar-refractivity contribution in [2.45, 2.75) is 6.54 Å². The minimum absolute atomic E-state index is 0.509. The van der Waals surface area contributed by atoms with Crippen molar-refractivity contribution in [2.24, 2.45) is 5.73 Å². The van der Waals surface area contributed by atoms with E-state index in [9.17, 15) is 0 Å². The van der Waals surface area contributed by atoms with E-state index in [1.165, 1.54) is 0 Å². The fourth-order valence-corrected chi connectivity index (χ4v) is 1.79. The van der Waals surface area contributed by atoms with Crippen LogP contribution in [0.25, 0.3) is 0 Å². The summed E-state index contributed by atoms with van der Waals surface area (Å²) in [6.07, 6.45) is 3.37. The molecule has 0 spiro atoms. The van der Waals surface area contributed by atoms with Crippen molar-refractivity contribution < 1.29 is 0 Å². The lowest BCUT2D eigenvalue weighted by Gasteiger charge is -1.95. The van der Waals surface area contributed by atoms with E-state index in [1.807, 2.05) is 42.5 Å². The molecule has 2 aromatic carbocycles. The molecule has 2 rings (SSSR count). The second kappa shape index (κ2) is 8.13. The lowest BCUT2D eigenvalue weighted by Crippen LogP contribution is -1.95. The molecule has 0 unspecified atom stereocenters. The van der Waals surface area contributed by atoms with Gasteiger partial charge in [-0.15, -0.1) is 0 Å². The third-order valence-electron chi connectivity index (χ3n) is 2.88. The Morgan fingerprint density at radius 2 is 1.64 bits per heavy atom. The Morgan fingerprint density at radius 1 is 0.909 bits per heavy atom. The van der Waals surface area contributed by atoms with Crippen LogP contribution in [0.3, 0.4) is 0 Å². The summed E-state index contributed by atoms with van der Waals surface area (Å²) in [4.78, 5) is 0. The predicted octanol–water partition coefficient (Wildman–Crippen LogP) is 2.98. The molecule has 0 heterocycles. The first-order valence-corrected chi connectivity index (χ1v) is 6.79. The third kappa shape index (κ3) is 4.39. The van der Waals surface area contributed by atoms with Gasteiger partial charge in [0.05, 0.1) is 5.56 Å². The predicted molar refractivity (Wildman–Crippen MR) is 88.4 cm³/mol. The molecule has 0 aliphatic carbocycles. The van der Waals surface area contributed by atoms with Gasteiger partial charge < -0.3 is 5.73 Å². The highest BCUT2D eigenvalue weighted by molar-refractivity contribution is 5.49. The maximum atomic E-state index is 8.96. The van der Waals surface area contributed by atoms with Crippen LogP contribution in [0.2, 0.25) is 0 Å². The third-order valence-corrected chi connectivity index (χ3v) is 2.88. The largest absolute Gasteiger partial charge is 0.326 e. The molecule has 0 fully saturated rings. The van der Waals surface area contributed by atoms with E-state index in [-0.39, 0.29) is 0 Å². The zero-order valence-electron chi connectivity index (χ0n) is 12.0. The molecule has 0 amide bonds. The summed E-state index contributed by atoms with van der Waals surface area (Å²) in [6, 6.07) is 17.2. The van der Waals surface area contributed by atoms with Crippen LogP contribution < -0.4 is 5.73 Å². The minimum atomic E-state index is 0.509. The Kier molecular flexibility index (Phi) is 5.60. The number of benzene rings is 2. The Hall–Kier alpha value is -3.25. The van der Waals surface area contributed by atoms with E-state index in [2.05, 4.69) is 29.8 Å². The molecule has 2 aromatic rings. The highest BCUT2D eigenvalue weighted by Crippen LogP contribution is 2.05. The van der Waals surface area contributed by atoms with E-state index in [0.29, 0.717) is 12.1 Å². The van der Waals surface area contributed by atoms with E-state index >= 15 is 0 Å². The normalized spacial score (nSPS) is 9.27. The molecule has 0 bridgehead atoms. The van der Waals surface area contributed by atoms with E-state index in [0.717, 1.165) is 16.7 Å². The monoisotopic (exact) mass is 282 g/mol. The van der Waals surface area contributed by atoms with Crippen molar-refractivity contribution in [1.82, 2.24) is 0 Å². The Morgan fingerprint density at radius 3 is 2.36 bits per heavy atom. The highest BCUT2D eigenvalue weighted by Gasteiger charge is 1.94. The average molecular weight is 282 g/mol. The molecule has 0 aromatic heterocycles. The summed E-state index contributed by atoms with van der Waals surface area (Å²) in [6.45, 7) is 0.509. The zero-order valence-corrected chi connectivity index (χ0v) is 12.0. The smallest absolute Gasteiger partial charge is 0.100 e. The lowest BCUT2D eigenvalue weighted by atomic mass is 10.1. The second-order valence-corrected chi connectivity index (χ2v) is 4.43. The maximum Gasteiger partial charge on any atom is 0.100 e. The summed E-state index contributed by atoms with van der Waals surface area (Å²) in [7, 11) is 0. The van der Waals surface area contributed by atoms with Gasteiger partial charge in [0.15, 0.2) is 0 Å². The summed E-state index contributed by atoms with van der Waals surface area (Å²) >= 11 is 0. The standard InChI is InChI=1S/C20H14N2/c21-15-18-10-7-9-17(14-18)8-3-1-2-4-11-19-12-5-6-13-20(19)16-22/h1-2,5-7,9-10,12-14H,15,21H2. The van der Waals surface area contributed by atoms with Gasteiger partial charge in [-0.2, -0.15) is 5.26 Å². The Balaban J connectivity index is 2.05. The summed E-state index contributed by atoms with van der Waals surface area (Å²) in [5, 5.41) is 8.96. The Labute approximate surface area is 130 Å². The molecule has 0 atom stereocenters. The molecule has 2 heteroatoms. The highest BCUT2D eigenvalue weighted by atomic mass is 14.5. The molecular formula is C20H14N2. The first kappa shape index (κ1) is 15.1. The molecule has 104 valence electrons. The van der Waals surface area contributed by atoms with Crippen LogP contribution in [-0.4, -0.2) is 0 Å². The van der Waals surface area contributed by atoms with Crippen molar-refractivity contribution >= 4 is 0 Å². The van der Waals surface area contributed by atoms with Gasteiger partial charge in [0.2, 0.25) is 0 Å². The molecule has 22 heavy (non-hydrogen) atoms. The second-order valence-electron chi connectivity index (χ2n) is 4.43. The van der Waals surface area contributed by atoms with Gasteiger partial charge in [0, 0.05) is 17.7 Å². The topological polar surface area (TPSA) is 49.8 Å². The van der Waals surface area contributed by atoms with Crippen LogP contribution in [0, 0.1) is 35.0 Å². The van der Waals surface area contributed by atoms with Gasteiger partial charge in [-0.05, 0) is 42.0 Å². The van der Waals surface area contributed by atoms with Crippen LogP contribution in [-0.2, 0) is 6.54 Å². The van der Waals surface area contributed by atoms with Crippen LogP contribution in [0.4, 0.5) is 0 Å². The fraction of sp³-hybridized carbons (Fsp3) is 0.0500. The summed E-state index contributed by atoms with van der Waals surface area (Å²) in [5.74, 6) is 11.8. The van der Waals surface area contributed by atoms with Gasteiger partial charge in [0.25, 0.3) is 0 Å². The van der Waals surface area contributed by atoms with Crippen LogP contribution >= 0.6 is 0 Å². The van der Waals surface area contributed by atoms with E-state index < -0.39 is 0 Å². The number of nitriles is 1. The number of rotatable bonds is 1. The fourth-order valence-electron chi connectivity index (χ4n) is 1.79. The minimum Gasteiger partial charge on any atom is -0.326 e. The summed E-state index contributed by atoms with van der Waals surface area (Å²) < 4.78 is 0. The van der Waals surface area contributed by atoms with Gasteiger partial charge in [-0.1, -0.05) is 47.9 Å². The molecular weight excluding hydrogens is 268 g/mol. The zero-order chi connectivity index (χ0) is 15.6. The quantitative estimate of drug-likeness (QED) is 0.817. The number of allylic oxidation sites excluding steroid dienone is 2. The first-order valence-electron chi connectivity index (χ1n) is 6.79. The molecule has 2 N–H and O–H groups in total. The van der Waals surface area contributed by atoms with Crippen molar-refractivity contribution in [3.63, 3.8) is 0 Å². The van der Waals surface area contributed by atoms with Crippen LogP contribution in [0.15, 0.2) is 60.7 Å². The number of hydrogen-bond acceptors (Lipinski definition) is 2. The number of nitrogens with zero attached hydrogens (tertiary/aromatic N) is 1.